The van der Waals surface area contributed by atoms with Gasteiger partial charge >= 0.3 is 0 Å². The first-order valence-electron chi connectivity index (χ1n) is 6.86. The van der Waals surface area contributed by atoms with E-state index in [1.54, 1.807) is 10.9 Å². The van der Waals surface area contributed by atoms with Crippen LogP contribution in [0.3, 0.4) is 0 Å². The first-order chi connectivity index (χ1) is 11.0. The van der Waals surface area contributed by atoms with Crippen LogP contribution in [0.5, 0.6) is 0 Å². The second-order valence-corrected chi connectivity index (χ2v) is 7.74. The number of sulfonamides is 1. The molecule has 1 aromatic carbocycles. The Balaban J connectivity index is 1.82. The molecule has 0 atom stereocenters. The zero-order chi connectivity index (χ0) is 16.3. The molecule has 9 heteroatoms. The molecule has 0 radical (unpaired) electrons. The lowest BCUT2D eigenvalue weighted by Gasteiger charge is -2.04. The van der Waals surface area contributed by atoms with Gasteiger partial charge in [-0.3, -0.25) is 0 Å². The third-order valence-electron chi connectivity index (χ3n) is 3.04. The minimum Gasteiger partial charge on any atom is -0.229 e. The monoisotopic (exact) mass is 349 g/mol. The Morgan fingerprint density at radius 1 is 1.22 bits per heavy atom. The van der Waals surface area contributed by atoms with Crippen molar-refractivity contribution in [2.75, 3.05) is 18.6 Å². The van der Waals surface area contributed by atoms with E-state index in [1.165, 1.54) is 18.1 Å². The lowest BCUT2D eigenvalue weighted by Crippen LogP contribution is -2.24. The summed E-state index contributed by atoms with van der Waals surface area (Å²) in [5, 5.41) is 6.02. The highest BCUT2D eigenvalue weighted by Crippen LogP contribution is 2.25. The normalized spacial score (nSPS) is 11.9. The van der Waals surface area contributed by atoms with Crippen LogP contribution in [0.15, 0.2) is 47.9 Å². The molecular formula is C14H15N5O2S2. The van der Waals surface area contributed by atoms with Crippen molar-refractivity contribution in [2.24, 2.45) is 0 Å². The van der Waals surface area contributed by atoms with Crippen molar-refractivity contribution >= 4 is 32.8 Å². The topological polar surface area (TPSA) is 89.8 Å². The molecule has 1 N–H and O–H groups in total. The summed E-state index contributed by atoms with van der Waals surface area (Å²) in [5.74, 6) is 0.579. The second kappa shape index (κ2) is 6.65. The number of nitrogens with zero attached hydrogens (tertiary/aromatic N) is 4. The lowest BCUT2D eigenvalue weighted by atomic mass is 10.3. The molecule has 0 amide bonds. The third kappa shape index (κ3) is 3.87. The van der Waals surface area contributed by atoms with E-state index in [2.05, 4.69) is 19.8 Å². The predicted molar refractivity (Wildman–Crippen MR) is 90.2 cm³/mol. The Labute approximate surface area is 138 Å². The minimum absolute atomic E-state index is 0.349. The molecule has 3 rings (SSSR count). The number of rotatable bonds is 6. The van der Waals surface area contributed by atoms with Gasteiger partial charge in [-0.15, -0.1) is 11.8 Å². The van der Waals surface area contributed by atoms with Gasteiger partial charge in [-0.05, 0) is 12.1 Å². The number of hydrogen-bond acceptors (Lipinski definition) is 6. The molecule has 3 aromatic rings. The molecule has 0 unspecified atom stereocenters. The Morgan fingerprint density at radius 3 is 2.74 bits per heavy atom. The van der Waals surface area contributed by atoms with E-state index in [0.29, 0.717) is 12.3 Å². The number of para-hydroxylation sites is 1. The predicted octanol–water partition coefficient (Wildman–Crippen LogP) is 1.46. The van der Waals surface area contributed by atoms with Crippen LogP contribution in [0.4, 0.5) is 0 Å². The number of fused-ring (bicyclic) bond motifs is 1. The van der Waals surface area contributed by atoms with E-state index in [4.69, 9.17) is 0 Å². The van der Waals surface area contributed by atoms with E-state index in [9.17, 15) is 8.42 Å². The van der Waals surface area contributed by atoms with Crippen molar-refractivity contribution in [1.29, 1.82) is 0 Å². The molecule has 2 heterocycles. The molecule has 23 heavy (non-hydrogen) atoms. The van der Waals surface area contributed by atoms with Crippen LogP contribution < -0.4 is 4.72 Å². The largest absolute Gasteiger partial charge is 0.229 e. The summed E-state index contributed by atoms with van der Waals surface area (Å²) in [6.07, 6.45) is 4.37. The van der Waals surface area contributed by atoms with Crippen molar-refractivity contribution < 1.29 is 8.42 Å². The Morgan fingerprint density at radius 2 is 2.00 bits per heavy atom. The standard InChI is InChI=1S/C14H15N5O2S2/c1-23(20,21)18-7-8-22-14-12-9-17-19(13(12)15-10-16-14)11-5-3-2-4-6-11/h2-6,9-10,18H,7-8H2,1H3. The van der Waals surface area contributed by atoms with E-state index in [0.717, 1.165) is 28.0 Å². The lowest BCUT2D eigenvalue weighted by molar-refractivity contribution is 0.590. The maximum absolute atomic E-state index is 11.1. The molecule has 0 saturated heterocycles. The third-order valence-corrected chi connectivity index (χ3v) is 4.77. The van der Waals surface area contributed by atoms with Gasteiger partial charge in [-0.2, -0.15) is 5.10 Å². The number of benzene rings is 1. The van der Waals surface area contributed by atoms with Crippen LogP contribution in [0.2, 0.25) is 0 Å². The van der Waals surface area contributed by atoms with Crippen molar-refractivity contribution in [1.82, 2.24) is 24.5 Å². The molecule has 0 bridgehead atoms. The molecule has 0 aliphatic carbocycles. The smallest absolute Gasteiger partial charge is 0.208 e. The van der Waals surface area contributed by atoms with E-state index < -0.39 is 10.0 Å². The SMILES string of the molecule is CS(=O)(=O)NCCSc1ncnc2c1cnn2-c1ccccc1. The first kappa shape index (κ1) is 15.9. The van der Waals surface area contributed by atoms with E-state index >= 15 is 0 Å². The number of aromatic nitrogens is 4. The zero-order valence-corrected chi connectivity index (χ0v) is 14.0. The highest BCUT2D eigenvalue weighted by atomic mass is 32.2. The van der Waals surface area contributed by atoms with Gasteiger partial charge < -0.3 is 0 Å². The van der Waals surface area contributed by atoms with Crippen molar-refractivity contribution in [3.63, 3.8) is 0 Å². The summed E-state index contributed by atoms with van der Waals surface area (Å²) in [4.78, 5) is 8.58. The van der Waals surface area contributed by atoms with Crippen molar-refractivity contribution in [3.8, 4) is 5.69 Å². The van der Waals surface area contributed by atoms with Gasteiger partial charge in [-0.25, -0.2) is 27.8 Å². The van der Waals surface area contributed by atoms with Crippen LogP contribution in [0.25, 0.3) is 16.7 Å². The van der Waals surface area contributed by atoms with Crippen molar-refractivity contribution in [3.05, 3.63) is 42.9 Å². The quantitative estimate of drug-likeness (QED) is 0.412. The first-order valence-corrected chi connectivity index (χ1v) is 9.74. The molecular weight excluding hydrogens is 334 g/mol. The maximum atomic E-state index is 11.1. The molecule has 7 nitrogen and oxygen atoms in total. The highest BCUT2D eigenvalue weighted by molar-refractivity contribution is 7.99. The fraction of sp³-hybridized carbons (Fsp3) is 0.214. The Hall–Kier alpha value is -1.97. The molecule has 0 aliphatic heterocycles. The van der Waals surface area contributed by atoms with E-state index in [1.807, 2.05) is 30.3 Å². The fourth-order valence-corrected chi connectivity index (χ4v) is 3.49. The average Bonchev–Trinajstić information content (AvgIpc) is 2.96. The van der Waals surface area contributed by atoms with Gasteiger partial charge in [0, 0.05) is 12.3 Å². The summed E-state index contributed by atoms with van der Waals surface area (Å²) < 4.78 is 26.3. The second-order valence-electron chi connectivity index (χ2n) is 4.82. The maximum Gasteiger partial charge on any atom is 0.208 e. The summed E-state index contributed by atoms with van der Waals surface area (Å²) >= 11 is 1.47. The minimum atomic E-state index is -3.17. The zero-order valence-electron chi connectivity index (χ0n) is 12.4. The van der Waals surface area contributed by atoms with Gasteiger partial charge in [0.1, 0.15) is 11.4 Å². The van der Waals surface area contributed by atoms with Gasteiger partial charge in [0.05, 0.1) is 23.5 Å². The van der Waals surface area contributed by atoms with Crippen LogP contribution in [-0.2, 0) is 10.0 Å². The van der Waals surface area contributed by atoms with Crippen LogP contribution in [-0.4, -0.2) is 46.7 Å². The molecule has 0 saturated carbocycles. The molecule has 2 aromatic heterocycles. The highest BCUT2D eigenvalue weighted by Gasteiger charge is 2.11. The van der Waals surface area contributed by atoms with E-state index in [-0.39, 0.29) is 0 Å². The summed E-state index contributed by atoms with van der Waals surface area (Å²) in [7, 11) is -3.17. The summed E-state index contributed by atoms with van der Waals surface area (Å²) in [6.45, 7) is 0.349. The van der Waals surface area contributed by atoms with Crippen LogP contribution >= 0.6 is 11.8 Å². The number of thioether (sulfide) groups is 1. The average molecular weight is 349 g/mol. The number of nitrogens with one attached hydrogen (secondary N) is 1. The van der Waals surface area contributed by atoms with Crippen LogP contribution in [0, 0.1) is 0 Å². The molecule has 0 aliphatic rings. The summed E-state index contributed by atoms with van der Waals surface area (Å²) in [5.41, 5.74) is 1.65. The van der Waals surface area contributed by atoms with Crippen LogP contribution in [0.1, 0.15) is 0 Å². The summed E-state index contributed by atoms with van der Waals surface area (Å²) in [6, 6.07) is 9.74. The molecule has 0 spiro atoms. The van der Waals surface area contributed by atoms with Gasteiger partial charge in [0.2, 0.25) is 10.0 Å². The number of hydrogen-bond donors (Lipinski definition) is 1. The molecule has 120 valence electrons. The van der Waals surface area contributed by atoms with Gasteiger partial charge in [0.25, 0.3) is 0 Å². The fourth-order valence-electron chi connectivity index (χ4n) is 2.07. The van der Waals surface area contributed by atoms with Gasteiger partial charge in [0.15, 0.2) is 5.65 Å². The Kier molecular flexibility index (Phi) is 4.60. The van der Waals surface area contributed by atoms with Crippen molar-refractivity contribution in [2.45, 2.75) is 5.03 Å². The Bertz CT molecular complexity index is 909. The molecule has 0 fully saturated rings. The van der Waals surface area contributed by atoms with Gasteiger partial charge in [-0.1, -0.05) is 18.2 Å².